The Hall–Kier alpha value is -1.12. The second-order valence-corrected chi connectivity index (χ2v) is 1.08. The minimum absolute atomic E-state index is 0.405. The molecule has 1 aromatic heterocycles. The molecule has 0 saturated carbocycles. The summed E-state index contributed by atoms with van der Waals surface area (Å²) >= 11 is 0. The van der Waals surface area contributed by atoms with E-state index in [0.717, 1.165) is 0 Å². The molecule has 0 atom stereocenters. The van der Waals surface area contributed by atoms with Crippen LogP contribution in [0.5, 0.6) is 0 Å². The third-order valence-electron chi connectivity index (χ3n) is 0.537. The third-order valence-corrected chi connectivity index (χ3v) is 0.537. The highest BCUT2D eigenvalue weighted by Crippen LogP contribution is 1.85. The molecule has 35 valence electrons. The first-order chi connectivity index (χ1) is 3.39. The lowest BCUT2D eigenvalue weighted by Crippen LogP contribution is -1.89. The predicted molar refractivity (Wildman–Crippen MR) is 25.3 cm³/mol. The molecular formula is C4H4N3. The molecule has 1 aromatic rings. The maximum atomic E-state index is 5.15. The lowest BCUT2D eigenvalue weighted by molar-refractivity contribution is 1.04. The number of nitrogens with two attached hydrogens (primary N) is 1. The fraction of sp³-hybridized carbons (Fsp3) is 0. The summed E-state index contributed by atoms with van der Waals surface area (Å²) in [5.41, 5.74) is 5.15. The standard InChI is InChI=1S/C4H4N3/c5-4-2-1-3-6-7-4/h2-3H,(H2,5,7). The van der Waals surface area contributed by atoms with Crippen LogP contribution in [0.2, 0.25) is 0 Å². The predicted octanol–water partition coefficient (Wildman–Crippen LogP) is -0.141. The van der Waals surface area contributed by atoms with Crippen LogP contribution in [-0.4, -0.2) is 10.2 Å². The van der Waals surface area contributed by atoms with Gasteiger partial charge in [-0.3, -0.25) is 0 Å². The summed E-state index contributed by atoms with van der Waals surface area (Å²) in [4.78, 5) is 0. The van der Waals surface area contributed by atoms with Crippen LogP contribution in [0.15, 0.2) is 12.3 Å². The number of hydrogen-bond acceptors (Lipinski definition) is 3. The Morgan fingerprint density at radius 3 is 2.86 bits per heavy atom. The Bertz CT molecular complexity index is 137. The van der Waals surface area contributed by atoms with Crippen LogP contribution < -0.4 is 5.73 Å². The van der Waals surface area contributed by atoms with E-state index in [1.807, 2.05) is 0 Å². The van der Waals surface area contributed by atoms with Crippen molar-refractivity contribution in [2.45, 2.75) is 0 Å². The van der Waals surface area contributed by atoms with Gasteiger partial charge in [-0.25, -0.2) is 0 Å². The third kappa shape index (κ3) is 0.855. The molecule has 0 fully saturated rings. The Labute approximate surface area is 41.2 Å². The van der Waals surface area contributed by atoms with Crippen molar-refractivity contribution in [3.63, 3.8) is 0 Å². The van der Waals surface area contributed by atoms with Gasteiger partial charge < -0.3 is 5.73 Å². The molecule has 3 heteroatoms. The van der Waals surface area contributed by atoms with Crippen LogP contribution in [0.4, 0.5) is 5.82 Å². The normalized spacial score (nSPS) is 8.57. The second-order valence-electron chi connectivity index (χ2n) is 1.08. The number of hydrogen-bond donors (Lipinski definition) is 1. The summed E-state index contributed by atoms with van der Waals surface area (Å²) in [6, 6.07) is 4.22. The Morgan fingerprint density at radius 1 is 1.71 bits per heavy atom. The van der Waals surface area contributed by atoms with Gasteiger partial charge in [-0.15, -0.1) is 5.10 Å². The van der Waals surface area contributed by atoms with Crippen molar-refractivity contribution >= 4 is 5.82 Å². The minimum atomic E-state index is 0.405. The summed E-state index contributed by atoms with van der Waals surface area (Å²) in [5, 5.41) is 6.93. The molecular weight excluding hydrogens is 90.1 g/mol. The van der Waals surface area contributed by atoms with E-state index in [4.69, 9.17) is 5.73 Å². The summed E-state index contributed by atoms with van der Waals surface area (Å²) in [6.07, 6.45) is 1.45. The molecule has 1 radical (unpaired) electrons. The quantitative estimate of drug-likeness (QED) is 0.486. The largest absolute Gasteiger partial charge is 0.382 e. The Morgan fingerprint density at radius 2 is 2.57 bits per heavy atom. The average Bonchev–Trinajstić information content (AvgIpc) is 1.69. The molecule has 0 aliphatic rings. The van der Waals surface area contributed by atoms with Crippen molar-refractivity contribution in [2.24, 2.45) is 0 Å². The van der Waals surface area contributed by atoms with Crippen LogP contribution in [0.3, 0.4) is 0 Å². The Balaban J connectivity index is 3.02. The first-order valence-corrected chi connectivity index (χ1v) is 1.84. The SMILES string of the molecule is Nc1c[c]cnn1. The monoisotopic (exact) mass is 94.0 g/mol. The highest BCUT2D eigenvalue weighted by Gasteiger charge is 1.76. The van der Waals surface area contributed by atoms with Crippen molar-refractivity contribution in [3.8, 4) is 0 Å². The topological polar surface area (TPSA) is 51.8 Å². The lowest BCUT2D eigenvalue weighted by atomic mass is 10.6. The van der Waals surface area contributed by atoms with Crippen molar-refractivity contribution in [1.29, 1.82) is 0 Å². The van der Waals surface area contributed by atoms with E-state index in [1.165, 1.54) is 6.20 Å². The van der Waals surface area contributed by atoms with Gasteiger partial charge in [-0.2, -0.15) is 5.10 Å². The summed E-state index contributed by atoms with van der Waals surface area (Å²) in [5.74, 6) is 0.405. The molecule has 0 spiro atoms. The van der Waals surface area contributed by atoms with Gasteiger partial charge in [0.05, 0.1) is 6.20 Å². The van der Waals surface area contributed by atoms with Crippen LogP contribution in [0.1, 0.15) is 0 Å². The lowest BCUT2D eigenvalue weighted by Gasteiger charge is -1.80. The maximum absolute atomic E-state index is 5.15. The highest BCUT2D eigenvalue weighted by molar-refractivity contribution is 5.21. The van der Waals surface area contributed by atoms with Crippen LogP contribution in [0, 0.1) is 6.07 Å². The molecule has 7 heavy (non-hydrogen) atoms. The molecule has 1 heterocycles. The summed E-state index contributed by atoms with van der Waals surface area (Å²) in [6.45, 7) is 0. The zero-order valence-corrected chi connectivity index (χ0v) is 3.63. The number of nitrogens with zero attached hydrogens (tertiary/aromatic N) is 2. The number of rotatable bonds is 0. The summed E-state index contributed by atoms with van der Waals surface area (Å²) in [7, 11) is 0. The van der Waals surface area contributed by atoms with Gasteiger partial charge in [-0.1, -0.05) is 0 Å². The molecule has 0 aromatic carbocycles. The molecule has 3 nitrogen and oxygen atoms in total. The van der Waals surface area contributed by atoms with E-state index in [0.29, 0.717) is 5.82 Å². The van der Waals surface area contributed by atoms with Crippen LogP contribution >= 0.6 is 0 Å². The molecule has 2 N–H and O–H groups in total. The van der Waals surface area contributed by atoms with E-state index in [-0.39, 0.29) is 0 Å². The van der Waals surface area contributed by atoms with Crippen molar-refractivity contribution < 1.29 is 0 Å². The molecule has 0 amide bonds. The average molecular weight is 94.1 g/mol. The summed E-state index contributed by atoms with van der Waals surface area (Å²) < 4.78 is 0. The van der Waals surface area contributed by atoms with Gasteiger partial charge >= 0.3 is 0 Å². The fourth-order valence-electron chi connectivity index (χ4n) is 0.280. The van der Waals surface area contributed by atoms with E-state index in [1.54, 1.807) is 6.07 Å². The van der Waals surface area contributed by atoms with E-state index >= 15 is 0 Å². The molecule has 0 saturated heterocycles. The molecule has 0 aliphatic carbocycles. The zero-order valence-electron chi connectivity index (χ0n) is 3.63. The van der Waals surface area contributed by atoms with Gasteiger partial charge in [0, 0.05) is 6.07 Å². The molecule has 0 aliphatic heterocycles. The zero-order chi connectivity index (χ0) is 5.11. The molecule has 1 rings (SSSR count). The van der Waals surface area contributed by atoms with E-state index in [9.17, 15) is 0 Å². The van der Waals surface area contributed by atoms with Gasteiger partial charge in [0.15, 0.2) is 0 Å². The number of nitrogen functional groups attached to an aromatic ring is 1. The van der Waals surface area contributed by atoms with Gasteiger partial charge in [0.2, 0.25) is 0 Å². The van der Waals surface area contributed by atoms with Gasteiger partial charge in [-0.05, 0) is 6.07 Å². The minimum Gasteiger partial charge on any atom is -0.382 e. The first-order valence-electron chi connectivity index (χ1n) is 1.84. The van der Waals surface area contributed by atoms with Crippen LogP contribution in [-0.2, 0) is 0 Å². The van der Waals surface area contributed by atoms with Gasteiger partial charge in [0.1, 0.15) is 5.82 Å². The van der Waals surface area contributed by atoms with Crippen molar-refractivity contribution in [2.75, 3.05) is 5.73 Å². The Kier molecular flexibility index (Phi) is 0.898. The number of aromatic nitrogens is 2. The van der Waals surface area contributed by atoms with Crippen molar-refractivity contribution in [1.82, 2.24) is 10.2 Å². The highest BCUT2D eigenvalue weighted by atomic mass is 15.1. The smallest absolute Gasteiger partial charge is 0.146 e. The van der Waals surface area contributed by atoms with E-state index in [2.05, 4.69) is 16.3 Å². The maximum Gasteiger partial charge on any atom is 0.146 e. The van der Waals surface area contributed by atoms with E-state index < -0.39 is 0 Å². The molecule has 0 bridgehead atoms. The first kappa shape index (κ1) is 4.05. The van der Waals surface area contributed by atoms with Crippen LogP contribution in [0.25, 0.3) is 0 Å². The van der Waals surface area contributed by atoms with Gasteiger partial charge in [0.25, 0.3) is 0 Å². The second kappa shape index (κ2) is 1.55. The number of anilines is 1. The fourth-order valence-corrected chi connectivity index (χ4v) is 0.280. The molecule has 0 unspecified atom stereocenters. The van der Waals surface area contributed by atoms with Crippen molar-refractivity contribution in [3.05, 3.63) is 18.3 Å².